The number of hydrogen-bond acceptors (Lipinski definition) is 3. The summed E-state index contributed by atoms with van der Waals surface area (Å²) in [5.74, 6) is 2.19. The van der Waals surface area contributed by atoms with Gasteiger partial charge in [-0.05, 0) is 62.9 Å². The molecule has 1 N–H and O–H groups in total. The van der Waals surface area contributed by atoms with Gasteiger partial charge in [0, 0.05) is 5.71 Å². The Morgan fingerprint density at radius 1 is 1.32 bits per heavy atom. The topological polar surface area (TPSA) is 42.3 Å². The number of nitrogens with one attached hydrogen (secondary N) is 1. The first kappa shape index (κ1) is 13.3. The van der Waals surface area contributed by atoms with Gasteiger partial charge in [-0.25, -0.2) is 0 Å². The normalized spacial score (nSPS) is 43.5. The van der Waals surface area contributed by atoms with Gasteiger partial charge in [0.05, 0.1) is 24.9 Å². The van der Waals surface area contributed by atoms with Crippen LogP contribution in [0.5, 0.6) is 0 Å². The van der Waals surface area contributed by atoms with Crippen LogP contribution in [-0.2, 0) is 9.47 Å². The predicted octanol–water partition coefficient (Wildman–Crippen LogP) is 3.19. The van der Waals surface area contributed by atoms with E-state index in [2.05, 4.69) is 13.5 Å². The third kappa shape index (κ3) is 2.38. The molecular weight excluding hydrogens is 238 g/mol. The number of ether oxygens (including phenoxy) is 2. The van der Waals surface area contributed by atoms with E-state index in [0.717, 1.165) is 30.4 Å². The molecule has 3 heteroatoms. The molecule has 6 atom stereocenters. The smallest absolute Gasteiger partial charge is 0.0640 e. The minimum atomic E-state index is 0.430. The number of hydrogen-bond donors (Lipinski definition) is 1. The molecule has 0 aromatic carbocycles. The maximum absolute atomic E-state index is 7.52. The Kier molecular flexibility index (Phi) is 3.52. The molecule has 6 unspecified atom stereocenters. The summed E-state index contributed by atoms with van der Waals surface area (Å²) >= 11 is 0. The zero-order valence-corrected chi connectivity index (χ0v) is 12.0. The fourth-order valence-electron chi connectivity index (χ4n) is 4.32. The Labute approximate surface area is 115 Å². The molecule has 3 rings (SSSR count). The molecule has 1 heterocycles. The lowest BCUT2D eigenvalue weighted by Gasteiger charge is -2.30. The fraction of sp³-hybridized carbons (Fsp3) is 0.812. The van der Waals surface area contributed by atoms with Crippen LogP contribution in [0.3, 0.4) is 0 Å². The van der Waals surface area contributed by atoms with Gasteiger partial charge < -0.3 is 14.9 Å². The highest BCUT2D eigenvalue weighted by Gasteiger charge is 2.56. The molecule has 0 radical (unpaired) electrons. The Bertz CT molecular complexity index is 392. The second kappa shape index (κ2) is 5.02. The van der Waals surface area contributed by atoms with Gasteiger partial charge in [0.1, 0.15) is 0 Å². The highest BCUT2D eigenvalue weighted by atomic mass is 16.5. The molecule has 2 aliphatic carbocycles. The third-order valence-corrected chi connectivity index (χ3v) is 5.28. The monoisotopic (exact) mass is 263 g/mol. The lowest BCUT2D eigenvalue weighted by atomic mass is 9.83. The Balaban J connectivity index is 1.50. The van der Waals surface area contributed by atoms with Gasteiger partial charge in [0.25, 0.3) is 0 Å². The van der Waals surface area contributed by atoms with E-state index in [0.29, 0.717) is 29.9 Å². The zero-order valence-electron chi connectivity index (χ0n) is 12.0. The van der Waals surface area contributed by atoms with Crippen molar-refractivity contribution < 1.29 is 9.47 Å². The Morgan fingerprint density at radius 3 is 2.84 bits per heavy atom. The lowest BCUT2D eigenvalue weighted by Crippen LogP contribution is -2.34. The van der Waals surface area contributed by atoms with Crippen molar-refractivity contribution in [3.05, 3.63) is 12.2 Å². The highest BCUT2D eigenvalue weighted by Crippen LogP contribution is 2.55. The average molecular weight is 263 g/mol. The van der Waals surface area contributed by atoms with E-state index in [-0.39, 0.29) is 0 Å². The van der Waals surface area contributed by atoms with Gasteiger partial charge >= 0.3 is 0 Å². The second-order valence-electron chi connectivity index (χ2n) is 6.59. The van der Waals surface area contributed by atoms with E-state index in [9.17, 15) is 0 Å². The highest BCUT2D eigenvalue weighted by molar-refractivity contribution is 5.94. The van der Waals surface area contributed by atoms with Gasteiger partial charge in [-0.3, -0.25) is 0 Å². The molecule has 1 saturated heterocycles. The standard InChI is InChI=1S/C16H25NO2/c1-9(11(3)17)4-5-18-15-8-12-7-13(15)14-6-10(2)19-16(12)14/h10,12-17H,1,4-8H2,2-3H3. The summed E-state index contributed by atoms with van der Waals surface area (Å²) in [5.41, 5.74) is 1.48. The van der Waals surface area contributed by atoms with E-state index in [1.165, 1.54) is 19.3 Å². The van der Waals surface area contributed by atoms with Crippen molar-refractivity contribution in [1.82, 2.24) is 0 Å². The molecule has 1 aliphatic heterocycles. The third-order valence-electron chi connectivity index (χ3n) is 5.28. The van der Waals surface area contributed by atoms with Crippen molar-refractivity contribution in [1.29, 1.82) is 5.41 Å². The van der Waals surface area contributed by atoms with E-state index in [1.807, 2.05) is 0 Å². The van der Waals surface area contributed by atoms with Crippen LogP contribution in [0.25, 0.3) is 0 Å². The Morgan fingerprint density at radius 2 is 2.11 bits per heavy atom. The van der Waals surface area contributed by atoms with Crippen LogP contribution >= 0.6 is 0 Å². The number of fused-ring (bicyclic) bond motifs is 5. The van der Waals surface area contributed by atoms with Crippen LogP contribution in [0.4, 0.5) is 0 Å². The summed E-state index contributed by atoms with van der Waals surface area (Å²) < 4.78 is 12.1. The molecule has 106 valence electrons. The largest absolute Gasteiger partial charge is 0.378 e. The van der Waals surface area contributed by atoms with E-state index in [4.69, 9.17) is 14.9 Å². The molecular formula is C16H25NO2. The van der Waals surface area contributed by atoms with Crippen molar-refractivity contribution >= 4 is 5.71 Å². The first-order valence-electron chi connectivity index (χ1n) is 7.56. The molecule has 0 amide bonds. The molecule has 0 aromatic heterocycles. The molecule has 3 nitrogen and oxygen atoms in total. The average Bonchev–Trinajstić information content (AvgIpc) is 2.98. The van der Waals surface area contributed by atoms with Crippen LogP contribution in [0.2, 0.25) is 0 Å². The summed E-state index contributed by atoms with van der Waals surface area (Å²) in [5, 5.41) is 7.52. The maximum Gasteiger partial charge on any atom is 0.0640 e. The predicted molar refractivity (Wildman–Crippen MR) is 75.6 cm³/mol. The van der Waals surface area contributed by atoms with Crippen LogP contribution in [0.15, 0.2) is 12.2 Å². The molecule has 19 heavy (non-hydrogen) atoms. The van der Waals surface area contributed by atoms with Crippen LogP contribution < -0.4 is 0 Å². The van der Waals surface area contributed by atoms with Gasteiger partial charge in [0.2, 0.25) is 0 Å². The van der Waals surface area contributed by atoms with Crippen LogP contribution in [-0.4, -0.2) is 30.6 Å². The van der Waals surface area contributed by atoms with Crippen molar-refractivity contribution in [2.24, 2.45) is 17.8 Å². The van der Waals surface area contributed by atoms with Gasteiger partial charge in [-0.15, -0.1) is 0 Å². The first-order valence-corrected chi connectivity index (χ1v) is 7.56. The fourth-order valence-corrected chi connectivity index (χ4v) is 4.32. The van der Waals surface area contributed by atoms with Crippen molar-refractivity contribution in [3.63, 3.8) is 0 Å². The molecule has 0 spiro atoms. The van der Waals surface area contributed by atoms with Gasteiger partial charge in [-0.2, -0.15) is 0 Å². The maximum atomic E-state index is 7.52. The van der Waals surface area contributed by atoms with Crippen LogP contribution in [0, 0.1) is 23.2 Å². The summed E-state index contributed by atoms with van der Waals surface area (Å²) in [6, 6.07) is 0. The van der Waals surface area contributed by atoms with Gasteiger partial charge in [-0.1, -0.05) is 6.58 Å². The van der Waals surface area contributed by atoms with E-state index >= 15 is 0 Å². The minimum absolute atomic E-state index is 0.430. The number of rotatable bonds is 5. The molecule has 2 saturated carbocycles. The van der Waals surface area contributed by atoms with E-state index in [1.54, 1.807) is 6.92 Å². The lowest BCUT2D eigenvalue weighted by molar-refractivity contribution is -0.0390. The minimum Gasteiger partial charge on any atom is -0.378 e. The van der Waals surface area contributed by atoms with Crippen molar-refractivity contribution in [2.75, 3.05) is 6.61 Å². The van der Waals surface area contributed by atoms with Crippen molar-refractivity contribution in [3.8, 4) is 0 Å². The van der Waals surface area contributed by atoms with Crippen LogP contribution in [0.1, 0.15) is 39.5 Å². The Hall–Kier alpha value is -0.670. The van der Waals surface area contributed by atoms with Crippen molar-refractivity contribution in [2.45, 2.75) is 57.8 Å². The summed E-state index contributed by atoms with van der Waals surface area (Å²) in [4.78, 5) is 0. The SMILES string of the molecule is C=C(CCOC1CC2CC1C1CC(C)OC21)C(C)=N. The molecule has 3 aliphatic rings. The summed E-state index contributed by atoms with van der Waals surface area (Å²) in [6.07, 6.45) is 5.89. The first-order chi connectivity index (χ1) is 9.06. The molecule has 0 aromatic rings. The quantitative estimate of drug-likeness (QED) is 0.774. The van der Waals surface area contributed by atoms with Gasteiger partial charge in [0.15, 0.2) is 0 Å². The van der Waals surface area contributed by atoms with E-state index < -0.39 is 0 Å². The molecule has 3 fully saturated rings. The second-order valence-corrected chi connectivity index (χ2v) is 6.59. The zero-order chi connectivity index (χ0) is 13.6. The summed E-state index contributed by atoms with van der Waals surface area (Å²) in [7, 11) is 0. The molecule has 2 bridgehead atoms. The summed E-state index contributed by atoms with van der Waals surface area (Å²) in [6.45, 7) is 8.62.